The van der Waals surface area contributed by atoms with Gasteiger partial charge in [0, 0.05) is 16.7 Å². The molecule has 1 N–H and O–H groups in total. The van der Waals surface area contributed by atoms with Crippen molar-refractivity contribution < 1.29 is 4.79 Å². The Morgan fingerprint density at radius 3 is 2.95 bits per heavy atom. The van der Waals surface area contributed by atoms with Crippen LogP contribution in [0.15, 0.2) is 16.7 Å². The van der Waals surface area contributed by atoms with Gasteiger partial charge in [-0.05, 0) is 71.4 Å². The van der Waals surface area contributed by atoms with Gasteiger partial charge in [-0.1, -0.05) is 18.0 Å². The Morgan fingerprint density at radius 2 is 2.10 bits per heavy atom. The molecule has 0 radical (unpaired) electrons. The predicted molar refractivity (Wildman–Crippen MR) is 85.2 cm³/mol. The van der Waals surface area contributed by atoms with Gasteiger partial charge in [-0.15, -0.1) is 0 Å². The first-order valence-electron chi connectivity index (χ1n) is 7.75. The molecule has 1 amide bonds. The number of nitrogens with zero attached hydrogens (tertiary/aromatic N) is 1. The quantitative estimate of drug-likeness (QED) is 0.799. The summed E-state index contributed by atoms with van der Waals surface area (Å²) in [6.07, 6.45) is 8.22. The molecule has 5 unspecified atom stereocenters. The van der Waals surface area contributed by atoms with E-state index in [-0.39, 0.29) is 11.1 Å². The zero-order valence-corrected chi connectivity index (χ0v) is 14.0. The lowest BCUT2D eigenvalue weighted by molar-refractivity contribution is 0.0901. The molecule has 3 saturated carbocycles. The van der Waals surface area contributed by atoms with E-state index in [1.807, 2.05) is 0 Å². The first-order valence-corrected chi connectivity index (χ1v) is 8.92. The summed E-state index contributed by atoms with van der Waals surface area (Å²) in [5.74, 6) is 3.24. The lowest BCUT2D eigenvalue weighted by Gasteiger charge is -2.32. The molecule has 4 rings (SSSR count). The van der Waals surface area contributed by atoms with Crippen LogP contribution in [0.3, 0.4) is 0 Å². The van der Waals surface area contributed by atoms with Crippen molar-refractivity contribution in [2.45, 2.75) is 38.1 Å². The fourth-order valence-electron chi connectivity index (χ4n) is 5.06. The third-order valence-electron chi connectivity index (χ3n) is 5.80. The Balaban J connectivity index is 1.50. The highest BCUT2D eigenvalue weighted by molar-refractivity contribution is 9.10. The summed E-state index contributed by atoms with van der Waals surface area (Å²) in [6, 6.07) is 2.08. The molecule has 3 nitrogen and oxygen atoms in total. The number of carbonyl (C=O) groups is 1. The van der Waals surface area contributed by atoms with E-state index in [1.54, 1.807) is 12.3 Å². The number of hydrogen-bond acceptors (Lipinski definition) is 2. The van der Waals surface area contributed by atoms with Crippen LogP contribution in [0.4, 0.5) is 0 Å². The first-order chi connectivity index (χ1) is 10.1. The summed E-state index contributed by atoms with van der Waals surface area (Å²) in [6.45, 7) is 0. The summed E-state index contributed by atoms with van der Waals surface area (Å²) < 4.78 is 0.779. The molecule has 5 heteroatoms. The number of nitrogens with one attached hydrogen (secondary N) is 1. The monoisotopic (exact) mass is 368 g/mol. The van der Waals surface area contributed by atoms with Crippen LogP contribution in [0.25, 0.3) is 0 Å². The highest BCUT2D eigenvalue weighted by Gasteiger charge is 2.54. The lowest BCUT2D eigenvalue weighted by Crippen LogP contribution is -2.42. The molecule has 2 bridgehead atoms. The Hall–Kier alpha value is -0.610. The highest BCUT2D eigenvalue weighted by Crippen LogP contribution is 2.58. The molecular weight excluding hydrogens is 352 g/mol. The second-order valence-corrected chi connectivity index (χ2v) is 8.00. The van der Waals surface area contributed by atoms with Crippen molar-refractivity contribution in [3.8, 4) is 0 Å². The smallest absolute Gasteiger partial charge is 0.254 e. The van der Waals surface area contributed by atoms with Gasteiger partial charge in [-0.25, -0.2) is 4.98 Å². The molecule has 1 aromatic rings. The second-order valence-electron chi connectivity index (χ2n) is 6.73. The number of hydrogen-bond donors (Lipinski definition) is 1. The van der Waals surface area contributed by atoms with Gasteiger partial charge in [0.05, 0.1) is 5.56 Å². The summed E-state index contributed by atoms with van der Waals surface area (Å²) in [5.41, 5.74) is 0.469. The summed E-state index contributed by atoms with van der Waals surface area (Å²) in [5, 5.41) is 3.50. The van der Waals surface area contributed by atoms with Crippen LogP contribution in [-0.2, 0) is 0 Å². The minimum absolute atomic E-state index is 0.0825. The van der Waals surface area contributed by atoms with Gasteiger partial charge in [0.15, 0.2) is 0 Å². The van der Waals surface area contributed by atoms with Crippen molar-refractivity contribution in [3.63, 3.8) is 0 Å². The van der Waals surface area contributed by atoms with Gasteiger partial charge in [0.2, 0.25) is 0 Å². The van der Waals surface area contributed by atoms with E-state index in [9.17, 15) is 4.79 Å². The Labute approximate surface area is 138 Å². The molecule has 0 aliphatic heterocycles. The molecule has 3 fully saturated rings. The van der Waals surface area contributed by atoms with Crippen LogP contribution < -0.4 is 5.32 Å². The van der Waals surface area contributed by atoms with E-state index in [1.165, 1.54) is 25.7 Å². The number of pyridine rings is 1. The zero-order chi connectivity index (χ0) is 14.6. The van der Waals surface area contributed by atoms with Crippen LogP contribution in [0.1, 0.15) is 42.5 Å². The van der Waals surface area contributed by atoms with Crippen molar-refractivity contribution >= 4 is 33.4 Å². The van der Waals surface area contributed by atoms with Gasteiger partial charge in [-0.2, -0.15) is 0 Å². The van der Waals surface area contributed by atoms with Crippen molar-refractivity contribution in [2.75, 3.05) is 0 Å². The molecule has 5 atom stereocenters. The molecule has 3 aliphatic carbocycles. The van der Waals surface area contributed by atoms with E-state index in [2.05, 4.69) is 26.2 Å². The standard InChI is InChI=1S/C16H18BrClN2O/c17-9-6-13(15(18)19-7-9)16(21)20-14-5-8-4-12(14)11-3-1-2-10(8)11/h6-8,10-12,14H,1-5H2,(H,20,21). The van der Waals surface area contributed by atoms with Gasteiger partial charge >= 0.3 is 0 Å². The molecular formula is C16H18BrClN2O. The summed E-state index contributed by atoms with van der Waals surface area (Å²) >= 11 is 9.40. The first kappa shape index (κ1) is 14.0. The maximum Gasteiger partial charge on any atom is 0.254 e. The Bertz CT molecular complexity index is 594. The van der Waals surface area contributed by atoms with E-state index in [4.69, 9.17) is 11.6 Å². The largest absolute Gasteiger partial charge is 0.349 e. The number of fused-ring (bicyclic) bond motifs is 5. The number of carbonyl (C=O) groups excluding carboxylic acids is 1. The van der Waals surface area contributed by atoms with Crippen LogP contribution in [-0.4, -0.2) is 16.9 Å². The molecule has 3 aliphatic rings. The zero-order valence-electron chi connectivity index (χ0n) is 11.7. The molecule has 0 saturated heterocycles. The van der Waals surface area contributed by atoms with E-state index < -0.39 is 0 Å². The maximum atomic E-state index is 12.5. The molecule has 112 valence electrons. The third-order valence-corrected chi connectivity index (χ3v) is 6.53. The lowest BCUT2D eigenvalue weighted by atomic mass is 9.79. The Kier molecular flexibility index (Phi) is 3.49. The van der Waals surface area contributed by atoms with Crippen LogP contribution in [0.5, 0.6) is 0 Å². The second kappa shape index (κ2) is 5.24. The molecule has 0 aromatic carbocycles. The maximum absolute atomic E-state index is 12.5. The molecule has 1 aromatic heterocycles. The van der Waals surface area contributed by atoms with Gasteiger partial charge in [0.25, 0.3) is 5.91 Å². The van der Waals surface area contributed by atoms with Crippen LogP contribution >= 0.6 is 27.5 Å². The topological polar surface area (TPSA) is 42.0 Å². The van der Waals surface area contributed by atoms with Crippen LogP contribution in [0, 0.1) is 23.7 Å². The minimum Gasteiger partial charge on any atom is -0.349 e. The van der Waals surface area contributed by atoms with Crippen molar-refractivity contribution in [1.29, 1.82) is 0 Å². The SMILES string of the molecule is O=C(NC1CC2CC1C1CCCC21)c1cc(Br)cnc1Cl. The summed E-state index contributed by atoms with van der Waals surface area (Å²) in [4.78, 5) is 16.5. The number of amides is 1. The predicted octanol–water partition coefficient (Wildman–Crippen LogP) is 4.05. The Morgan fingerprint density at radius 1 is 1.29 bits per heavy atom. The normalized spacial score (nSPS) is 36.8. The molecule has 0 spiro atoms. The molecule has 1 heterocycles. The van der Waals surface area contributed by atoms with Crippen molar-refractivity contribution in [2.24, 2.45) is 23.7 Å². The average Bonchev–Trinajstić information content (AvgIpc) is 3.13. The number of rotatable bonds is 2. The number of aromatic nitrogens is 1. The van der Waals surface area contributed by atoms with Gasteiger partial charge in [0.1, 0.15) is 5.15 Å². The fourth-order valence-corrected chi connectivity index (χ4v) is 5.58. The van der Waals surface area contributed by atoms with Gasteiger partial charge < -0.3 is 5.32 Å². The number of halogens is 2. The third kappa shape index (κ3) is 2.31. The van der Waals surface area contributed by atoms with Gasteiger partial charge in [-0.3, -0.25) is 4.79 Å². The van der Waals surface area contributed by atoms with E-state index in [0.29, 0.717) is 17.5 Å². The van der Waals surface area contributed by atoms with E-state index >= 15 is 0 Å². The van der Waals surface area contributed by atoms with Crippen molar-refractivity contribution in [3.05, 3.63) is 27.5 Å². The van der Waals surface area contributed by atoms with E-state index in [0.717, 1.165) is 28.6 Å². The van der Waals surface area contributed by atoms with Crippen molar-refractivity contribution in [1.82, 2.24) is 10.3 Å². The highest BCUT2D eigenvalue weighted by atomic mass is 79.9. The average molecular weight is 370 g/mol. The minimum atomic E-state index is -0.0825. The summed E-state index contributed by atoms with van der Waals surface area (Å²) in [7, 11) is 0. The molecule has 21 heavy (non-hydrogen) atoms. The van der Waals surface area contributed by atoms with Crippen LogP contribution in [0.2, 0.25) is 5.15 Å². The fraction of sp³-hybridized carbons (Fsp3) is 0.625.